The van der Waals surface area contributed by atoms with E-state index in [1.54, 1.807) is 31.2 Å². The number of benzene rings is 2. The molecule has 1 heterocycles. The molecular formula is C16H13ClN4O. The van der Waals surface area contributed by atoms with Gasteiger partial charge in [0.1, 0.15) is 0 Å². The van der Waals surface area contributed by atoms with Crippen molar-refractivity contribution in [1.82, 2.24) is 9.78 Å². The minimum Gasteiger partial charge on any atom is -0.293 e. The van der Waals surface area contributed by atoms with E-state index in [4.69, 9.17) is 11.6 Å². The number of aromatic amines is 1. The number of halogens is 1. The van der Waals surface area contributed by atoms with Gasteiger partial charge in [-0.2, -0.15) is 5.11 Å². The van der Waals surface area contributed by atoms with Crippen molar-refractivity contribution >= 4 is 23.0 Å². The highest BCUT2D eigenvalue weighted by Gasteiger charge is 2.11. The highest BCUT2D eigenvalue weighted by molar-refractivity contribution is 6.30. The summed E-state index contributed by atoms with van der Waals surface area (Å²) < 4.78 is 1.42. The van der Waals surface area contributed by atoms with Crippen LogP contribution in [0.5, 0.6) is 0 Å². The first-order chi connectivity index (χ1) is 10.6. The number of rotatable bonds is 3. The van der Waals surface area contributed by atoms with Crippen molar-refractivity contribution in [2.45, 2.75) is 6.92 Å². The van der Waals surface area contributed by atoms with E-state index in [-0.39, 0.29) is 5.56 Å². The predicted molar refractivity (Wildman–Crippen MR) is 86.8 cm³/mol. The normalized spacial score (nSPS) is 11.2. The number of nitrogens with one attached hydrogen (secondary N) is 1. The molecule has 0 amide bonds. The van der Waals surface area contributed by atoms with Gasteiger partial charge in [-0.25, -0.2) is 4.68 Å². The molecule has 2 aromatic carbocycles. The van der Waals surface area contributed by atoms with Crippen LogP contribution in [-0.4, -0.2) is 9.78 Å². The minimum absolute atomic E-state index is 0.250. The van der Waals surface area contributed by atoms with Crippen LogP contribution in [0.25, 0.3) is 5.69 Å². The van der Waals surface area contributed by atoms with Gasteiger partial charge in [-0.1, -0.05) is 29.8 Å². The summed E-state index contributed by atoms with van der Waals surface area (Å²) >= 11 is 5.86. The van der Waals surface area contributed by atoms with Gasteiger partial charge in [0.15, 0.2) is 5.69 Å². The Morgan fingerprint density at radius 1 is 1.00 bits per heavy atom. The van der Waals surface area contributed by atoms with E-state index in [9.17, 15) is 4.79 Å². The molecule has 3 aromatic rings. The summed E-state index contributed by atoms with van der Waals surface area (Å²) in [6.07, 6.45) is 0. The third-order valence-electron chi connectivity index (χ3n) is 3.15. The summed E-state index contributed by atoms with van der Waals surface area (Å²) in [5, 5.41) is 11.8. The van der Waals surface area contributed by atoms with Gasteiger partial charge >= 0.3 is 0 Å². The van der Waals surface area contributed by atoms with Crippen LogP contribution in [0, 0.1) is 6.92 Å². The summed E-state index contributed by atoms with van der Waals surface area (Å²) in [7, 11) is 0. The monoisotopic (exact) mass is 312 g/mol. The number of H-pyrrole nitrogens is 1. The first-order valence-corrected chi connectivity index (χ1v) is 7.07. The molecule has 0 atom stereocenters. The average molecular weight is 313 g/mol. The second kappa shape index (κ2) is 5.99. The first kappa shape index (κ1) is 14.3. The third-order valence-corrected chi connectivity index (χ3v) is 3.40. The molecule has 0 spiro atoms. The number of hydrogen-bond donors (Lipinski definition) is 1. The molecule has 0 saturated carbocycles. The standard InChI is InChI=1S/C16H13ClN4O/c1-11-15(19-18-13-5-3-2-4-6-13)16(22)21(20-11)14-9-7-12(17)8-10-14/h2-10,20H,1H3. The lowest BCUT2D eigenvalue weighted by Gasteiger charge is -2.00. The number of hydrogen-bond acceptors (Lipinski definition) is 3. The molecule has 5 nitrogen and oxygen atoms in total. The molecule has 110 valence electrons. The molecule has 3 rings (SSSR count). The van der Waals surface area contributed by atoms with E-state index in [1.807, 2.05) is 30.3 Å². The molecule has 0 aliphatic rings. The van der Waals surface area contributed by atoms with Crippen molar-refractivity contribution in [1.29, 1.82) is 0 Å². The van der Waals surface area contributed by atoms with E-state index < -0.39 is 0 Å². The van der Waals surface area contributed by atoms with Crippen LogP contribution in [0.4, 0.5) is 11.4 Å². The van der Waals surface area contributed by atoms with Crippen LogP contribution in [0.15, 0.2) is 69.6 Å². The highest BCUT2D eigenvalue weighted by atomic mass is 35.5. The van der Waals surface area contributed by atoms with Gasteiger partial charge in [0.25, 0.3) is 5.56 Å². The van der Waals surface area contributed by atoms with Crippen molar-refractivity contribution in [2.75, 3.05) is 0 Å². The smallest absolute Gasteiger partial charge is 0.293 e. The second-order valence-electron chi connectivity index (χ2n) is 4.74. The average Bonchev–Trinajstić information content (AvgIpc) is 2.82. The maximum atomic E-state index is 12.4. The van der Waals surface area contributed by atoms with Crippen LogP contribution in [0.1, 0.15) is 5.69 Å². The minimum atomic E-state index is -0.250. The largest absolute Gasteiger partial charge is 0.299 e. The van der Waals surface area contributed by atoms with Crippen LogP contribution in [0.2, 0.25) is 5.02 Å². The molecule has 6 heteroatoms. The van der Waals surface area contributed by atoms with Crippen LogP contribution < -0.4 is 5.56 Å². The van der Waals surface area contributed by atoms with Crippen molar-refractivity contribution < 1.29 is 0 Å². The number of nitrogens with zero attached hydrogens (tertiary/aromatic N) is 3. The van der Waals surface area contributed by atoms with Gasteiger partial charge in [0.2, 0.25) is 0 Å². The summed E-state index contributed by atoms with van der Waals surface area (Å²) in [5.41, 5.74) is 2.08. The number of aryl methyl sites for hydroxylation is 1. The van der Waals surface area contributed by atoms with E-state index in [2.05, 4.69) is 15.3 Å². The van der Waals surface area contributed by atoms with E-state index >= 15 is 0 Å². The van der Waals surface area contributed by atoms with Crippen LogP contribution >= 0.6 is 11.6 Å². The van der Waals surface area contributed by atoms with E-state index in [1.165, 1.54) is 4.68 Å². The van der Waals surface area contributed by atoms with Gasteiger partial charge in [-0.15, -0.1) is 5.11 Å². The zero-order chi connectivity index (χ0) is 15.5. The van der Waals surface area contributed by atoms with Crippen molar-refractivity contribution in [3.05, 3.63) is 75.7 Å². The predicted octanol–water partition coefficient (Wildman–Crippen LogP) is 4.54. The number of azo groups is 1. The Labute approximate surface area is 131 Å². The Balaban J connectivity index is 1.99. The van der Waals surface area contributed by atoms with Crippen molar-refractivity contribution in [2.24, 2.45) is 10.2 Å². The number of aromatic nitrogens is 2. The van der Waals surface area contributed by atoms with Crippen LogP contribution in [-0.2, 0) is 0 Å². The quantitative estimate of drug-likeness (QED) is 0.709. The van der Waals surface area contributed by atoms with Gasteiger partial charge in [-0.05, 0) is 43.3 Å². The molecule has 0 aliphatic heterocycles. The SMILES string of the molecule is Cc1[nH]n(-c2ccc(Cl)cc2)c(=O)c1N=Nc1ccccc1. The maximum absolute atomic E-state index is 12.4. The van der Waals surface area contributed by atoms with Gasteiger partial charge < -0.3 is 0 Å². The fraction of sp³-hybridized carbons (Fsp3) is 0.0625. The Hall–Kier alpha value is -2.66. The molecule has 0 radical (unpaired) electrons. The Morgan fingerprint density at radius 2 is 1.68 bits per heavy atom. The molecule has 0 fully saturated rings. The highest BCUT2D eigenvalue weighted by Crippen LogP contribution is 2.19. The first-order valence-electron chi connectivity index (χ1n) is 6.69. The molecule has 0 bridgehead atoms. The lowest BCUT2D eigenvalue weighted by molar-refractivity contribution is 0.835. The van der Waals surface area contributed by atoms with Crippen molar-refractivity contribution in [3.63, 3.8) is 0 Å². The van der Waals surface area contributed by atoms with Gasteiger partial charge in [-0.3, -0.25) is 9.89 Å². The van der Waals surface area contributed by atoms with E-state index in [0.717, 1.165) is 0 Å². The summed E-state index contributed by atoms with van der Waals surface area (Å²) in [5.74, 6) is 0. The Kier molecular flexibility index (Phi) is 3.89. The second-order valence-corrected chi connectivity index (χ2v) is 5.17. The van der Waals surface area contributed by atoms with Crippen molar-refractivity contribution in [3.8, 4) is 5.69 Å². The third kappa shape index (κ3) is 2.84. The van der Waals surface area contributed by atoms with Crippen LogP contribution in [0.3, 0.4) is 0 Å². The van der Waals surface area contributed by atoms with Gasteiger partial charge in [0.05, 0.1) is 17.1 Å². The molecule has 0 saturated heterocycles. The Morgan fingerprint density at radius 3 is 2.36 bits per heavy atom. The fourth-order valence-corrected chi connectivity index (χ4v) is 2.16. The summed E-state index contributed by atoms with van der Waals surface area (Å²) in [6, 6.07) is 16.3. The van der Waals surface area contributed by atoms with E-state index in [0.29, 0.717) is 27.8 Å². The zero-order valence-electron chi connectivity index (χ0n) is 11.8. The van der Waals surface area contributed by atoms with Gasteiger partial charge in [0, 0.05) is 5.02 Å². The zero-order valence-corrected chi connectivity index (χ0v) is 12.6. The summed E-state index contributed by atoms with van der Waals surface area (Å²) in [6.45, 7) is 1.78. The Bertz CT molecular complexity index is 863. The summed E-state index contributed by atoms with van der Waals surface area (Å²) in [4.78, 5) is 12.4. The fourth-order valence-electron chi connectivity index (χ4n) is 2.03. The molecule has 1 N–H and O–H groups in total. The topological polar surface area (TPSA) is 62.5 Å². The molecule has 22 heavy (non-hydrogen) atoms. The lowest BCUT2D eigenvalue weighted by atomic mass is 10.3. The molecular weight excluding hydrogens is 300 g/mol. The maximum Gasteiger partial charge on any atom is 0.299 e. The molecule has 0 unspecified atom stereocenters. The molecule has 1 aromatic heterocycles. The lowest BCUT2D eigenvalue weighted by Crippen LogP contribution is -2.13. The molecule has 0 aliphatic carbocycles.